The second-order valence-electron chi connectivity index (χ2n) is 6.93. The van der Waals surface area contributed by atoms with Crippen molar-refractivity contribution in [1.29, 1.82) is 0 Å². The highest BCUT2D eigenvalue weighted by Gasteiger charge is 2.23. The lowest BCUT2D eigenvalue weighted by atomic mass is 9.92. The van der Waals surface area contributed by atoms with Crippen LogP contribution < -0.4 is 10.0 Å². The van der Waals surface area contributed by atoms with Crippen LogP contribution in [0.1, 0.15) is 37.3 Å². The van der Waals surface area contributed by atoms with Gasteiger partial charge in [-0.25, -0.2) is 13.1 Å². The summed E-state index contributed by atoms with van der Waals surface area (Å²) in [4.78, 5) is 14.4. The van der Waals surface area contributed by atoms with Gasteiger partial charge in [-0.1, -0.05) is 6.07 Å². The van der Waals surface area contributed by atoms with Crippen LogP contribution in [-0.4, -0.2) is 51.4 Å². The molecule has 1 atom stereocenters. The topological polar surface area (TPSA) is 78.5 Å². The molecule has 0 aromatic heterocycles. The van der Waals surface area contributed by atoms with Crippen LogP contribution in [-0.2, 0) is 27.7 Å². The maximum absolute atomic E-state index is 12.5. The summed E-state index contributed by atoms with van der Waals surface area (Å²) in [6, 6.07) is 5.54. The summed E-state index contributed by atoms with van der Waals surface area (Å²) in [5, 5.41) is 3.24. The van der Waals surface area contributed by atoms with Crippen molar-refractivity contribution in [3.63, 3.8) is 0 Å². The number of benzene rings is 1. The minimum atomic E-state index is -3.57. The summed E-state index contributed by atoms with van der Waals surface area (Å²) < 4.78 is 27.6. The van der Waals surface area contributed by atoms with E-state index in [0.29, 0.717) is 11.4 Å². The zero-order valence-corrected chi connectivity index (χ0v) is 16.8. The highest BCUT2D eigenvalue weighted by molar-refractivity contribution is 7.89. The van der Waals surface area contributed by atoms with E-state index < -0.39 is 10.0 Å². The van der Waals surface area contributed by atoms with Crippen LogP contribution in [0.15, 0.2) is 23.1 Å². The van der Waals surface area contributed by atoms with Crippen LogP contribution in [0.4, 0.5) is 0 Å². The molecule has 146 valence electrons. The standard InChI is InChI=1S/C18H27N3O3S.ClH/c1-14-13-19-10-11-21(14)18(22)8-9-20-25(23,24)17-7-6-15-4-2-3-5-16(15)12-17;/h6-7,12,14,19-20H,2-5,8-11,13H2,1H3;1H/t14-;/m0./s1. The number of carbonyl (C=O) groups is 1. The van der Waals surface area contributed by atoms with Gasteiger partial charge in [0.2, 0.25) is 15.9 Å². The Balaban J connectivity index is 0.00000243. The monoisotopic (exact) mass is 401 g/mol. The second-order valence-corrected chi connectivity index (χ2v) is 8.69. The number of carbonyl (C=O) groups excluding carboxylic acids is 1. The minimum absolute atomic E-state index is 0. The Kier molecular flexibility index (Phi) is 7.46. The van der Waals surface area contributed by atoms with Gasteiger partial charge in [-0.3, -0.25) is 4.79 Å². The molecular weight excluding hydrogens is 374 g/mol. The van der Waals surface area contributed by atoms with Crippen molar-refractivity contribution >= 4 is 28.3 Å². The van der Waals surface area contributed by atoms with Crippen molar-refractivity contribution in [2.24, 2.45) is 0 Å². The highest BCUT2D eigenvalue weighted by Crippen LogP contribution is 2.24. The van der Waals surface area contributed by atoms with E-state index in [1.807, 2.05) is 17.9 Å². The normalized spacial score (nSPS) is 20.2. The van der Waals surface area contributed by atoms with Gasteiger partial charge in [-0.05, 0) is 55.9 Å². The third-order valence-electron chi connectivity index (χ3n) is 5.08. The Bertz CT molecular complexity index is 739. The van der Waals surface area contributed by atoms with E-state index in [9.17, 15) is 13.2 Å². The first kappa shape index (κ1) is 21.2. The van der Waals surface area contributed by atoms with E-state index in [-0.39, 0.29) is 37.3 Å². The highest BCUT2D eigenvalue weighted by atomic mass is 35.5. The van der Waals surface area contributed by atoms with Crippen LogP contribution in [0.5, 0.6) is 0 Å². The van der Waals surface area contributed by atoms with E-state index in [1.165, 1.54) is 12.0 Å². The molecule has 0 spiro atoms. The van der Waals surface area contributed by atoms with Crippen LogP contribution in [0, 0.1) is 0 Å². The van der Waals surface area contributed by atoms with E-state index in [1.54, 1.807) is 12.1 Å². The molecule has 0 saturated carbocycles. The molecule has 3 rings (SSSR count). The number of hydrogen-bond acceptors (Lipinski definition) is 4. The minimum Gasteiger partial charge on any atom is -0.337 e. The van der Waals surface area contributed by atoms with Crippen molar-refractivity contribution in [1.82, 2.24) is 14.9 Å². The third-order valence-corrected chi connectivity index (χ3v) is 6.54. The van der Waals surface area contributed by atoms with E-state index in [4.69, 9.17) is 0 Å². The van der Waals surface area contributed by atoms with Crippen molar-refractivity contribution in [3.8, 4) is 0 Å². The number of nitrogens with zero attached hydrogens (tertiary/aromatic N) is 1. The summed E-state index contributed by atoms with van der Waals surface area (Å²) in [5.41, 5.74) is 2.40. The molecular formula is C18H28ClN3O3S. The fourth-order valence-electron chi connectivity index (χ4n) is 3.61. The number of rotatable bonds is 5. The van der Waals surface area contributed by atoms with Crippen LogP contribution in [0.2, 0.25) is 0 Å². The second kappa shape index (κ2) is 9.17. The molecule has 1 aliphatic heterocycles. The average molecular weight is 402 g/mol. The Morgan fingerprint density at radius 3 is 2.73 bits per heavy atom. The summed E-state index contributed by atoms with van der Waals surface area (Å²) >= 11 is 0. The number of halogens is 1. The number of nitrogens with one attached hydrogen (secondary N) is 2. The summed E-state index contributed by atoms with van der Waals surface area (Å²) in [5.74, 6) is 0.00198. The summed E-state index contributed by atoms with van der Waals surface area (Å²) in [6.07, 6.45) is 4.44. The van der Waals surface area contributed by atoms with Gasteiger partial charge < -0.3 is 10.2 Å². The van der Waals surface area contributed by atoms with Gasteiger partial charge in [0.25, 0.3) is 0 Å². The summed E-state index contributed by atoms with van der Waals surface area (Å²) in [6.45, 7) is 4.39. The predicted molar refractivity (Wildman–Crippen MR) is 104 cm³/mol. The summed E-state index contributed by atoms with van der Waals surface area (Å²) in [7, 11) is -3.57. The lowest BCUT2D eigenvalue weighted by Gasteiger charge is -2.34. The van der Waals surface area contributed by atoms with Gasteiger partial charge >= 0.3 is 0 Å². The number of hydrogen-bond donors (Lipinski definition) is 2. The van der Waals surface area contributed by atoms with Gasteiger partial charge in [0.1, 0.15) is 0 Å². The molecule has 6 nitrogen and oxygen atoms in total. The number of amides is 1. The van der Waals surface area contributed by atoms with Crippen molar-refractivity contribution < 1.29 is 13.2 Å². The first-order chi connectivity index (χ1) is 12.0. The number of sulfonamides is 1. The molecule has 0 radical (unpaired) electrons. The maximum atomic E-state index is 12.5. The van der Waals surface area contributed by atoms with Crippen molar-refractivity contribution in [3.05, 3.63) is 29.3 Å². The van der Waals surface area contributed by atoms with Gasteiger partial charge in [0, 0.05) is 38.6 Å². The molecule has 26 heavy (non-hydrogen) atoms. The molecule has 1 aromatic rings. The third kappa shape index (κ3) is 4.97. The number of piperazine rings is 1. The van der Waals surface area contributed by atoms with Crippen LogP contribution >= 0.6 is 12.4 Å². The van der Waals surface area contributed by atoms with Crippen LogP contribution in [0.3, 0.4) is 0 Å². The lowest BCUT2D eigenvalue weighted by molar-refractivity contribution is -0.133. The zero-order valence-electron chi connectivity index (χ0n) is 15.2. The predicted octanol–water partition coefficient (Wildman–Crippen LogP) is 1.48. The first-order valence-electron chi connectivity index (χ1n) is 9.09. The molecule has 1 amide bonds. The van der Waals surface area contributed by atoms with Crippen molar-refractivity contribution in [2.45, 2.75) is 50.0 Å². The average Bonchev–Trinajstić information content (AvgIpc) is 2.61. The number of aryl methyl sites for hydroxylation is 2. The fourth-order valence-corrected chi connectivity index (χ4v) is 4.69. The molecule has 0 bridgehead atoms. The Labute approximate surface area is 162 Å². The zero-order chi connectivity index (χ0) is 17.9. The van der Waals surface area contributed by atoms with Gasteiger partial charge in [0.05, 0.1) is 4.90 Å². The molecule has 1 aromatic carbocycles. The van der Waals surface area contributed by atoms with Crippen LogP contribution in [0.25, 0.3) is 0 Å². The maximum Gasteiger partial charge on any atom is 0.240 e. The molecule has 1 saturated heterocycles. The molecule has 1 heterocycles. The Morgan fingerprint density at radius 1 is 1.27 bits per heavy atom. The molecule has 1 aliphatic carbocycles. The van der Waals surface area contributed by atoms with Crippen molar-refractivity contribution in [2.75, 3.05) is 26.2 Å². The number of fused-ring (bicyclic) bond motifs is 1. The first-order valence-corrected chi connectivity index (χ1v) is 10.6. The molecule has 0 unspecified atom stereocenters. The van der Waals surface area contributed by atoms with Gasteiger partial charge in [-0.15, -0.1) is 12.4 Å². The quantitative estimate of drug-likeness (QED) is 0.783. The fraction of sp³-hybridized carbons (Fsp3) is 0.611. The smallest absolute Gasteiger partial charge is 0.240 e. The molecule has 8 heteroatoms. The molecule has 1 fully saturated rings. The lowest BCUT2D eigenvalue weighted by Crippen LogP contribution is -2.52. The largest absolute Gasteiger partial charge is 0.337 e. The van der Waals surface area contributed by atoms with E-state index >= 15 is 0 Å². The van der Waals surface area contributed by atoms with Gasteiger partial charge in [0.15, 0.2) is 0 Å². The molecule has 2 N–H and O–H groups in total. The van der Waals surface area contributed by atoms with E-state index in [2.05, 4.69) is 10.0 Å². The van der Waals surface area contributed by atoms with Gasteiger partial charge in [-0.2, -0.15) is 0 Å². The SMILES string of the molecule is C[C@H]1CNCCN1C(=O)CCNS(=O)(=O)c1ccc2c(c1)CCCC2.Cl. The van der Waals surface area contributed by atoms with E-state index in [0.717, 1.165) is 37.9 Å². The Hall–Kier alpha value is -1.15. The molecule has 2 aliphatic rings. The Morgan fingerprint density at radius 2 is 2.00 bits per heavy atom.